The Hall–Kier alpha value is -2.73. The van der Waals surface area contributed by atoms with Crippen LogP contribution in [0.2, 0.25) is 5.02 Å². The van der Waals surface area contributed by atoms with Crippen LogP contribution in [0.15, 0.2) is 42.5 Å². The van der Waals surface area contributed by atoms with Crippen LogP contribution in [-0.2, 0) is 4.79 Å². The third-order valence-electron chi connectivity index (χ3n) is 4.96. The molecule has 2 aromatic rings. The number of hydrogen-bond donors (Lipinski definition) is 2. The number of hydrogen-bond acceptors (Lipinski definition) is 4. The molecule has 2 amide bonds. The van der Waals surface area contributed by atoms with Crippen molar-refractivity contribution in [1.82, 2.24) is 0 Å². The van der Waals surface area contributed by atoms with E-state index in [-0.39, 0.29) is 5.91 Å². The van der Waals surface area contributed by atoms with Gasteiger partial charge in [0.05, 0.1) is 11.4 Å². The van der Waals surface area contributed by atoms with Gasteiger partial charge < -0.3 is 20.7 Å². The highest BCUT2D eigenvalue weighted by molar-refractivity contribution is 6.30. The van der Waals surface area contributed by atoms with Crippen molar-refractivity contribution in [1.29, 1.82) is 0 Å². The van der Waals surface area contributed by atoms with Crippen molar-refractivity contribution in [2.75, 3.05) is 23.3 Å². The Balaban J connectivity index is 1.84. The number of amides is 2. The summed E-state index contributed by atoms with van der Waals surface area (Å²) in [5.74, 6) is -0.327. The number of carbonyl (C=O) groups excluding carboxylic acids is 2. The number of benzene rings is 2. The van der Waals surface area contributed by atoms with E-state index in [9.17, 15) is 9.59 Å². The maximum absolute atomic E-state index is 13.0. The number of anilines is 2. The highest BCUT2D eigenvalue weighted by Crippen LogP contribution is 2.31. The maximum atomic E-state index is 13.0. The Labute approximate surface area is 176 Å². The van der Waals surface area contributed by atoms with Crippen LogP contribution in [0.3, 0.4) is 0 Å². The van der Waals surface area contributed by atoms with Gasteiger partial charge in [-0.3, -0.25) is 9.59 Å². The molecular weight excluding hydrogens is 390 g/mol. The van der Waals surface area contributed by atoms with E-state index in [1.54, 1.807) is 50.2 Å². The number of piperidine rings is 1. The third-order valence-corrected chi connectivity index (χ3v) is 5.21. The number of nitrogens with one attached hydrogen (secondary N) is 1. The number of halogens is 1. The molecule has 0 bridgehead atoms. The predicted octanol–water partition coefficient (Wildman–Crippen LogP) is 4.23. The third kappa shape index (κ3) is 5.21. The van der Waals surface area contributed by atoms with Crippen LogP contribution in [0.5, 0.6) is 5.75 Å². The summed E-state index contributed by atoms with van der Waals surface area (Å²) < 4.78 is 5.88. The molecule has 3 N–H and O–H groups in total. The van der Waals surface area contributed by atoms with Crippen molar-refractivity contribution < 1.29 is 14.3 Å². The summed E-state index contributed by atoms with van der Waals surface area (Å²) in [4.78, 5) is 26.9. The predicted molar refractivity (Wildman–Crippen MR) is 116 cm³/mol. The molecule has 0 radical (unpaired) electrons. The molecule has 1 heterocycles. The molecular formula is C22H26ClN3O3. The van der Waals surface area contributed by atoms with Crippen molar-refractivity contribution in [3.8, 4) is 5.75 Å². The topological polar surface area (TPSA) is 84.7 Å². The van der Waals surface area contributed by atoms with Crippen LogP contribution in [0.1, 0.15) is 43.5 Å². The number of nitrogens with zero attached hydrogens (tertiary/aromatic N) is 1. The number of primary amides is 1. The second kappa shape index (κ2) is 8.74. The van der Waals surface area contributed by atoms with E-state index in [1.807, 2.05) is 6.07 Å². The van der Waals surface area contributed by atoms with E-state index in [2.05, 4.69) is 10.2 Å². The highest BCUT2D eigenvalue weighted by Gasteiger charge is 2.31. The van der Waals surface area contributed by atoms with E-state index < -0.39 is 11.5 Å². The zero-order valence-electron chi connectivity index (χ0n) is 16.7. The zero-order valence-corrected chi connectivity index (χ0v) is 17.5. The number of ether oxygens (including phenoxy) is 1. The van der Waals surface area contributed by atoms with Gasteiger partial charge in [-0.1, -0.05) is 11.6 Å². The molecule has 1 fully saturated rings. The fraction of sp³-hybridized carbons (Fsp3) is 0.364. The first kappa shape index (κ1) is 21.0. The molecule has 0 atom stereocenters. The van der Waals surface area contributed by atoms with Crippen LogP contribution in [0.25, 0.3) is 0 Å². The van der Waals surface area contributed by atoms with E-state index in [4.69, 9.17) is 22.1 Å². The van der Waals surface area contributed by atoms with Crippen LogP contribution < -0.4 is 20.7 Å². The van der Waals surface area contributed by atoms with Gasteiger partial charge in [0.25, 0.3) is 5.91 Å². The molecule has 3 rings (SSSR count). The van der Waals surface area contributed by atoms with Gasteiger partial charge in [0.15, 0.2) is 5.60 Å². The van der Waals surface area contributed by atoms with Crippen LogP contribution in [-0.4, -0.2) is 30.5 Å². The maximum Gasteiger partial charge on any atom is 0.268 e. The number of nitrogens with two attached hydrogens (primary N) is 1. The second-order valence-electron chi connectivity index (χ2n) is 7.66. The summed E-state index contributed by atoms with van der Waals surface area (Å²) >= 11 is 5.91. The molecule has 154 valence electrons. The minimum absolute atomic E-state index is 0.327. The molecule has 0 spiro atoms. The first-order valence-corrected chi connectivity index (χ1v) is 10.1. The van der Waals surface area contributed by atoms with Gasteiger partial charge >= 0.3 is 0 Å². The van der Waals surface area contributed by atoms with Crippen LogP contribution >= 0.6 is 11.6 Å². The standard InChI is InChI=1S/C22H26ClN3O3/c1-22(2,29-17-9-7-16(23)8-10-17)21(28)25-18-14-15(20(24)27)6-11-19(18)26-12-4-3-5-13-26/h6-11,14H,3-5,12-13H2,1-2H3,(H2,24,27)(H,25,28). The lowest BCUT2D eigenvalue weighted by Gasteiger charge is -2.32. The zero-order chi connectivity index (χ0) is 21.0. The molecule has 0 unspecified atom stereocenters. The first-order chi connectivity index (χ1) is 13.8. The molecule has 0 saturated carbocycles. The molecule has 1 aliphatic rings. The smallest absolute Gasteiger partial charge is 0.268 e. The first-order valence-electron chi connectivity index (χ1n) is 9.71. The van der Waals surface area contributed by atoms with Crippen molar-refractivity contribution in [3.63, 3.8) is 0 Å². The van der Waals surface area contributed by atoms with E-state index in [1.165, 1.54) is 6.42 Å². The van der Waals surface area contributed by atoms with Crippen molar-refractivity contribution >= 4 is 34.8 Å². The molecule has 1 saturated heterocycles. The SMILES string of the molecule is CC(C)(Oc1ccc(Cl)cc1)C(=O)Nc1cc(C(N)=O)ccc1N1CCCCC1. The molecule has 6 nitrogen and oxygen atoms in total. The Morgan fingerprint density at radius 1 is 1.07 bits per heavy atom. The summed E-state index contributed by atoms with van der Waals surface area (Å²) in [6.45, 7) is 5.19. The van der Waals surface area contributed by atoms with Crippen molar-refractivity contribution in [2.24, 2.45) is 5.73 Å². The number of rotatable bonds is 6. The van der Waals surface area contributed by atoms with Gasteiger partial charge in [-0.25, -0.2) is 0 Å². The average Bonchev–Trinajstić information content (AvgIpc) is 2.70. The fourth-order valence-corrected chi connectivity index (χ4v) is 3.44. The average molecular weight is 416 g/mol. The van der Waals surface area contributed by atoms with E-state index >= 15 is 0 Å². The minimum atomic E-state index is -1.14. The van der Waals surface area contributed by atoms with E-state index in [0.29, 0.717) is 22.0 Å². The van der Waals surface area contributed by atoms with Crippen molar-refractivity contribution in [3.05, 3.63) is 53.1 Å². The Bertz CT molecular complexity index is 891. The molecule has 0 aliphatic carbocycles. The van der Waals surface area contributed by atoms with E-state index in [0.717, 1.165) is 31.6 Å². The quantitative estimate of drug-likeness (QED) is 0.739. The molecule has 7 heteroatoms. The Kier molecular flexibility index (Phi) is 6.33. The lowest BCUT2D eigenvalue weighted by atomic mass is 10.1. The molecule has 29 heavy (non-hydrogen) atoms. The lowest BCUT2D eigenvalue weighted by Crippen LogP contribution is -2.43. The molecule has 1 aliphatic heterocycles. The van der Waals surface area contributed by atoms with Gasteiger partial charge in [-0.2, -0.15) is 0 Å². The summed E-state index contributed by atoms with van der Waals surface area (Å²) in [7, 11) is 0. The van der Waals surface area contributed by atoms with Gasteiger partial charge in [0.2, 0.25) is 5.91 Å². The van der Waals surface area contributed by atoms with Gasteiger partial charge in [-0.05, 0) is 75.6 Å². The lowest BCUT2D eigenvalue weighted by molar-refractivity contribution is -0.128. The van der Waals surface area contributed by atoms with Crippen LogP contribution in [0.4, 0.5) is 11.4 Å². The normalized spacial score (nSPS) is 14.4. The summed E-state index contributed by atoms with van der Waals surface area (Å²) in [6.07, 6.45) is 3.38. The van der Waals surface area contributed by atoms with Gasteiger partial charge in [0, 0.05) is 23.7 Å². The summed E-state index contributed by atoms with van der Waals surface area (Å²) in [5, 5.41) is 3.53. The van der Waals surface area contributed by atoms with Gasteiger partial charge in [0.1, 0.15) is 5.75 Å². The minimum Gasteiger partial charge on any atom is -0.478 e. The molecule has 2 aromatic carbocycles. The Morgan fingerprint density at radius 3 is 2.34 bits per heavy atom. The Morgan fingerprint density at radius 2 is 1.72 bits per heavy atom. The summed E-state index contributed by atoms with van der Waals surface area (Å²) in [5.41, 5.74) is 6.08. The largest absolute Gasteiger partial charge is 0.478 e. The monoisotopic (exact) mass is 415 g/mol. The highest BCUT2D eigenvalue weighted by atomic mass is 35.5. The summed E-state index contributed by atoms with van der Waals surface area (Å²) in [6, 6.07) is 12.0. The fourth-order valence-electron chi connectivity index (χ4n) is 3.32. The van der Waals surface area contributed by atoms with Gasteiger partial charge in [-0.15, -0.1) is 0 Å². The second-order valence-corrected chi connectivity index (χ2v) is 8.10. The molecule has 0 aromatic heterocycles. The number of carbonyl (C=O) groups is 2. The van der Waals surface area contributed by atoms with Crippen LogP contribution in [0, 0.1) is 0 Å². The van der Waals surface area contributed by atoms with Crippen molar-refractivity contribution in [2.45, 2.75) is 38.7 Å².